The van der Waals surface area contributed by atoms with E-state index in [1.807, 2.05) is 0 Å². The van der Waals surface area contributed by atoms with Crippen LogP contribution < -0.4 is 5.73 Å². The molecule has 3 nitrogen and oxygen atoms in total. The van der Waals surface area contributed by atoms with Gasteiger partial charge in [-0.05, 0) is 24.3 Å². The second-order valence-electron chi connectivity index (χ2n) is 2.89. The number of nitrogens with two attached hydrogens (primary N) is 1. The topological polar surface area (TPSA) is 52.3 Å². The van der Waals surface area contributed by atoms with Crippen LogP contribution in [0.25, 0.3) is 0 Å². The molecule has 0 radical (unpaired) electrons. The van der Waals surface area contributed by atoms with Crippen LogP contribution in [0, 0.1) is 5.82 Å². The number of thioether (sulfide) groups is 1. The van der Waals surface area contributed by atoms with Gasteiger partial charge in [0.15, 0.2) is 0 Å². The van der Waals surface area contributed by atoms with Crippen molar-refractivity contribution < 1.29 is 13.9 Å². The molecule has 1 rings (SSSR count). The SMILES string of the molecule is COC(=O)[C@@H](N)CSc1ccc(F)cc1. The molecule has 0 aliphatic heterocycles. The second kappa shape index (κ2) is 5.72. The molecule has 15 heavy (non-hydrogen) atoms. The summed E-state index contributed by atoms with van der Waals surface area (Å²) in [6.45, 7) is 0. The number of esters is 1. The maximum atomic E-state index is 12.6. The van der Waals surface area contributed by atoms with Crippen molar-refractivity contribution in [3.8, 4) is 0 Å². The molecule has 0 aliphatic carbocycles. The van der Waals surface area contributed by atoms with Crippen molar-refractivity contribution >= 4 is 17.7 Å². The number of methoxy groups -OCH3 is 1. The van der Waals surface area contributed by atoms with Gasteiger partial charge >= 0.3 is 5.97 Å². The van der Waals surface area contributed by atoms with Gasteiger partial charge in [-0.25, -0.2) is 4.39 Å². The zero-order chi connectivity index (χ0) is 11.3. The van der Waals surface area contributed by atoms with Gasteiger partial charge in [-0.1, -0.05) is 0 Å². The van der Waals surface area contributed by atoms with Gasteiger partial charge in [0.05, 0.1) is 7.11 Å². The molecular formula is C10H12FNO2S. The Labute approximate surface area is 91.8 Å². The zero-order valence-corrected chi connectivity index (χ0v) is 9.09. The number of hydrogen-bond donors (Lipinski definition) is 1. The molecule has 0 spiro atoms. The molecule has 1 aromatic rings. The third kappa shape index (κ3) is 3.89. The van der Waals surface area contributed by atoms with Crippen LogP contribution in [0.4, 0.5) is 4.39 Å². The number of rotatable bonds is 4. The van der Waals surface area contributed by atoms with Crippen LogP contribution in [0.5, 0.6) is 0 Å². The maximum Gasteiger partial charge on any atom is 0.323 e. The third-order valence-electron chi connectivity index (χ3n) is 1.75. The summed E-state index contributed by atoms with van der Waals surface area (Å²) < 4.78 is 17.0. The van der Waals surface area contributed by atoms with Gasteiger partial charge < -0.3 is 10.5 Å². The molecule has 1 aromatic carbocycles. The quantitative estimate of drug-likeness (QED) is 0.626. The smallest absolute Gasteiger partial charge is 0.323 e. The summed E-state index contributed by atoms with van der Waals surface area (Å²) in [6.07, 6.45) is 0. The fourth-order valence-electron chi connectivity index (χ4n) is 0.936. The molecule has 0 saturated carbocycles. The Morgan fingerprint density at radius 1 is 1.53 bits per heavy atom. The normalized spacial score (nSPS) is 12.2. The van der Waals surface area contributed by atoms with Gasteiger partial charge in [0.1, 0.15) is 11.9 Å². The highest BCUT2D eigenvalue weighted by Crippen LogP contribution is 2.18. The molecule has 1 atom stereocenters. The summed E-state index contributed by atoms with van der Waals surface area (Å²) in [5.41, 5.74) is 5.54. The van der Waals surface area contributed by atoms with E-state index < -0.39 is 12.0 Å². The maximum absolute atomic E-state index is 12.6. The Kier molecular flexibility index (Phi) is 4.58. The summed E-state index contributed by atoms with van der Waals surface area (Å²) in [5, 5.41) is 0. The van der Waals surface area contributed by atoms with E-state index in [1.54, 1.807) is 12.1 Å². The minimum Gasteiger partial charge on any atom is -0.468 e. The highest BCUT2D eigenvalue weighted by molar-refractivity contribution is 7.99. The van der Waals surface area contributed by atoms with Crippen molar-refractivity contribution in [2.75, 3.05) is 12.9 Å². The number of ether oxygens (including phenoxy) is 1. The van der Waals surface area contributed by atoms with Crippen molar-refractivity contribution in [1.82, 2.24) is 0 Å². The average molecular weight is 229 g/mol. The molecule has 0 fully saturated rings. The van der Waals surface area contributed by atoms with Crippen molar-refractivity contribution in [2.45, 2.75) is 10.9 Å². The second-order valence-corrected chi connectivity index (χ2v) is 3.99. The Morgan fingerprint density at radius 2 is 2.13 bits per heavy atom. The van der Waals surface area contributed by atoms with Crippen molar-refractivity contribution in [1.29, 1.82) is 0 Å². The highest BCUT2D eigenvalue weighted by atomic mass is 32.2. The molecule has 5 heteroatoms. The molecule has 0 amide bonds. The fourth-order valence-corrected chi connectivity index (χ4v) is 1.77. The predicted molar refractivity (Wildman–Crippen MR) is 57.1 cm³/mol. The first-order chi connectivity index (χ1) is 7.13. The van der Waals surface area contributed by atoms with E-state index >= 15 is 0 Å². The minimum absolute atomic E-state index is 0.281. The van der Waals surface area contributed by atoms with E-state index in [4.69, 9.17) is 5.73 Å². The first-order valence-corrected chi connectivity index (χ1v) is 5.34. The lowest BCUT2D eigenvalue weighted by atomic mass is 10.3. The molecule has 0 bridgehead atoms. The first-order valence-electron chi connectivity index (χ1n) is 4.35. The Bertz CT molecular complexity index is 329. The summed E-state index contributed by atoms with van der Waals surface area (Å²) >= 11 is 1.39. The predicted octanol–water partition coefficient (Wildman–Crippen LogP) is 1.42. The van der Waals surface area contributed by atoms with Crippen molar-refractivity contribution in [3.05, 3.63) is 30.1 Å². The van der Waals surface area contributed by atoms with Crippen LogP contribution >= 0.6 is 11.8 Å². The van der Waals surface area contributed by atoms with E-state index in [0.29, 0.717) is 5.75 Å². The van der Waals surface area contributed by atoms with Crippen LogP contribution in [-0.4, -0.2) is 24.9 Å². The number of carbonyl (C=O) groups is 1. The van der Waals surface area contributed by atoms with E-state index in [-0.39, 0.29) is 5.82 Å². The Hall–Kier alpha value is -1.07. The van der Waals surface area contributed by atoms with Gasteiger partial charge in [0.2, 0.25) is 0 Å². The lowest BCUT2D eigenvalue weighted by Gasteiger charge is -2.08. The van der Waals surface area contributed by atoms with Crippen LogP contribution in [0.2, 0.25) is 0 Å². The zero-order valence-electron chi connectivity index (χ0n) is 8.27. The number of benzene rings is 1. The molecule has 0 aromatic heterocycles. The molecular weight excluding hydrogens is 217 g/mol. The molecule has 0 unspecified atom stereocenters. The fraction of sp³-hybridized carbons (Fsp3) is 0.300. The lowest BCUT2D eigenvalue weighted by molar-refractivity contribution is -0.141. The summed E-state index contributed by atoms with van der Waals surface area (Å²) in [4.78, 5) is 11.8. The largest absolute Gasteiger partial charge is 0.468 e. The monoisotopic (exact) mass is 229 g/mol. The van der Waals surface area contributed by atoms with Crippen LogP contribution in [-0.2, 0) is 9.53 Å². The van der Waals surface area contributed by atoms with Gasteiger partial charge in [-0.15, -0.1) is 11.8 Å². The average Bonchev–Trinajstić information content (AvgIpc) is 2.26. The lowest BCUT2D eigenvalue weighted by Crippen LogP contribution is -2.33. The number of hydrogen-bond acceptors (Lipinski definition) is 4. The number of carbonyl (C=O) groups excluding carboxylic acids is 1. The first kappa shape index (κ1) is 12.0. The third-order valence-corrected chi connectivity index (χ3v) is 2.88. The van der Waals surface area contributed by atoms with E-state index in [2.05, 4.69) is 4.74 Å². The standard InChI is InChI=1S/C10H12FNO2S/c1-14-10(13)9(12)6-15-8-4-2-7(11)3-5-8/h2-5,9H,6,12H2,1H3/t9-/m0/s1. The summed E-state index contributed by atoms with van der Waals surface area (Å²) in [5.74, 6) is -0.306. The van der Waals surface area contributed by atoms with Crippen LogP contribution in [0.3, 0.4) is 0 Å². The molecule has 0 heterocycles. The van der Waals surface area contributed by atoms with Gasteiger partial charge in [0.25, 0.3) is 0 Å². The highest BCUT2D eigenvalue weighted by Gasteiger charge is 2.13. The molecule has 0 aliphatic rings. The summed E-state index contributed by atoms with van der Waals surface area (Å²) in [6, 6.07) is 5.37. The van der Waals surface area contributed by atoms with Crippen LogP contribution in [0.1, 0.15) is 0 Å². The van der Waals surface area contributed by atoms with Crippen molar-refractivity contribution in [2.24, 2.45) is 5.73 Å². The Balaban J connectivity index is 2.43. The van der Waals surface area contributed by atoms with Crippen molar-refractivity contribution in [3.63, 3.8) is 0 Å². The van der Waals surface area contributed by atoms with E-state index in [0.717, 1.165) is 4.90 Å². The Morgan fingerprint density at radius 3 is 2.67 bits per heavy atom. The van der Waals surface area contributed by atoms with Crippen LogP contribution in [0.15, 0.2) is 29.2 Å². The minimum atomic E-state index is -0.648. The molecule has 82 valence electrons. The molecule has 0 saturated heterocycles. The summed E-state index contributed by atoms with van der Waals surface area (Å²) in [7, 11) is 1.30. The van der Waals surface area contributed by atoms with Gasteiger partial charge in [0, 0.05) is 10.6 Å². The molecule has 2 N–H and O–H groups in total. The van der Waals surface area contributed by atoms with E-state index in [1.165, 1.54) is 31.0 Å². The van der Waals surface area contributed by atoms with E-state index in [9.17, 15) is 9.18 Å². The number of halogens is 1. The van der Waals surface area contributed by atoms with Gasteiger partial charge in [-0.2, -0.15) is 0 Å². The van der Waals surface area contributed by atoms with Gasteiger partial charge in [-0.3, -0.25) is 4.79 Å².